The average molecular weight is 698 g/mol. The fourth-order valence-corrected chi connectivity index (χ4v) is 7.00. The number of carbonyl (C=O) groups is 3. The minimum Gasteiger partial charge on any atom is -0.475 e. The quantitative estimate of drug-likeness (QED) is 0.185. The molecule has 1 aliphatic heterocycles. The number of rotatable bonds is 7. The molecule has 2 unspecified atom stereocenters. The molecule has 0 saturated carbocycles. The van der Waals surface area contributed by atoms with Crippen LogP contribution < -0.4 is 15.5 Å². The number of halogens is 4. The van der Waals surface area contributed by atoms with Gasteiger partial charge in [-0.3, -0.25) is 4.79 Å². The van der Waals surface area contributed by atoms with Crippen LogP contribution >= 0.6 is 11.6 Å². The second kappa shape index (κ2) is 14.9. The first-order valence-corrected chi connectivity index (χ1v) is 16.3. The summed E-state index contributed by atoms with van der Waals surface area (Å²) in [5.41, 5.74) is 6.44. The molecule has 6 rings (SSSR count). The van der Waals surface area contributed by atoms with E-state index in [2.05, 4.69) is 52.8 Å². The Hall–Kier alpha value is -4.55. The summed E-state index contributed by atoms with van der Waals surface area (Å²) in [5.74, 6) is -2.92. The smallest absolute Gasteiger partial charge is 0.475 e. The number of amides is 3. The lowest BCUT2D eigenvalue weighted by molar-refractivity contribution is -0.192. The molecule has 2 aliphatic rings. The molecule has 260 valence electrons. The molecule has 3 amide bonds. The van der Waals surface area contributed by atoms with E-state index in [-0.39, 0.29) is 29.8 Å². The molecule has 3 atom stereocenters. The van der Waals surface area contributed by atoms with Crippen molar-refractivity contribution in [2.45, 2.75) is 50.4 Å². The minimum absolute atomic E-state index is 0.0103. The Bertz CT molecular complexity index is 1800. The summed E-state index contributed by atoms with van der Waals surface area (Å²) in [5, 5.41) is 15.1. The highest BCUT2D eigenvalue weighted by Gasteiger charge is 2.39. The maximum Gasteiger partial charge on any atom is 0.490 e. The number of hydrogen-bond donors (Lipinski definition) is 4. The van der Waals surface area contributed by atoms with Crippen molar-refractivity contribution < 1.29 is 32.7 Å². The van der Waals surface area contributed by atoms with E-state index in [1.54, 1.807) is 0 Å². The maximum atomic E-state index is 14.6. The van der Waals surface area contributed by atoms with Crippen LogP contribution in [0.5, 0.6) is 0 Å². The molecule has 4 aromatic rings. The first-order chi connectivity index (χ1) is 23.2. The number of benzene rings is 3. The van der Waals surface area contributed by atoms with Crippen molar-refractivity contribution >= 4 is 46.1 Å². The lowest BCUT2D eigenvalue weighted by Gasteiger charge is -2.38. The van der Waals surface area contributed by atoms with Crippen LogP contribution in [0.2, 0.25) is 5.02 Å². The van der Waals surface area contributed by atoms with Crippen LogP contribution in [0.15, 0.2) is 72.9 Å². The Morgan fingerprint density at radius 3 is 2.27 bits per heavy atom. The number of carboxylic acid groups (broad SMARTS) is 1. The van der Waals surface area contributed by atoms with Crippen LogP contribution in [-0.4, -0.2) is 78.3 Å². The number of anilines is 1. The van der Waals surface area contributed by atoms with Gasteiger partial charge in [-0.2, -0.15) is 13.2 Å². The maximum absolute atomic E-state index is 14.6. The van der Waals surface area contributed by atoms with Gasteiger partial charge < -0.3 is 30.5 Å². The molecule has 1 aromatic heterocycles. The van der Waals surface area contributed by atoms with Crippen molar-refractivity contribution in [3.8, 4) is 0 Å². The number of carbonyl (C=O) groups excluding carboxylic acids is 2. The van der Waals surface area contributed by atoms with Crippen molar-refractivity contribution in [2.24, 2.45) is 5.92 Å². The second-order valence-corrected chi connectivity index (χ2v) is 13.3. The summed E-state index contributed by atoms with van der Waals surface area (Å²) in [7, 11) is 4.10. The van der Waals surface area contributed by atoms with Crippen molar-refractivity contribution in [2.75, 3.05) is 32.1 Å². The number of aliphatic carboxylic acids is 1. The number of aromatic amines is 1. The van der Waals surface area contributed by atoms with Crippen LogP contribution in [0, 0.1) is 5.92 Å². The lowest BCUT2D eigenvalue weighted by atomic mass is 9.88. The summed E-state index contributed by atoms with van der Waals surface area (Å²) in [6.07, 6.45) is -0.711. The molecular weight excluding hydrogens is 659 g/mol. The highest BCUT2D eigenvalue weighted by Crippen LogP contribution is 2.35. The summed E-state index contributed by atoms with van der Waals surface area (Å²) in [6, 6.07) is 21.0. The number of fused-ring (bicyclic) bond motifs is 3. The van der Waals surface area contributed by atoms with Crippen LogP contribution in [-0.2, 0) is 28.9 Å². The Labute approximate surface area is 287 Å². The Kier molecular flexibility index (Phi) is 10.9. The lowest BCUT2D eigenvalue weighted by Crippen LogP contribution is -2.56. The van der Waals surface area contributed by atoms with Gasteiger partial charge in [0, 0.05) is 52.9 Å². The van der Waals surface area contributed by atoms with Gasteiger partial charge in [0.2, 0.25) is 5.91 Å². The van der Waals surface area contributed by atoms with Gasteiger partial charge in [-0.15, -0.1) is 0 Å². The van der Waals surface area contributed by atoms with Gasteiger partial charge in [-0.1, -0.05) is 61.0 Å². The molecule has 49 heavy (non-hydrogen) atoms. The third-order valence-electron chi connectivity index (χ3n) is 8.96. The number of alkyl halides is 3. The predicted molar refractivity (Wildman–Crippen MR) is 183 cm³/mol. The standard InChI is InChI=1S/C34H38ClN5O2.C2HF3O2/c1-21(29-18-36-30-11-7-6-10-28(29)30)32(38-34(42)37-27-16-23-8-4-5-9-24(23)17-27)33(41)40-20-22(19-39(2)3)14-25-15-26(35)12-13-31(25)40;3-2(4,5)1(6)7/h4-13,15,18,21-22,27,32,36H,14,16-17,19-20H2,1-3H3,(H2,37,38,42);(H,6,7)/t21?,22-,32?;/m1./s1. The number of nitrogens with one attached hydrogen (secondary N) is 3. The van der Waals surface area contributed by atoms with Gasteiger partial charge in [-0.25, -0.2) is 9.59 Å². The number of aromatic nitrogens is 1. The molecule has 0 saturated heterocycles. The number of carboxylic acids is 1. The third-order valence-corrected chi connectivity index (χ3v) is 9.20. The monoisotopic (exact) mass is 697 g/mol. The topological polar surface area (TPSA) is 118 Å². The number of urea groups is 1. The number of para-hydroxylation sites is 1. The fraction of sp³-hybridized carbons (Fsp3) is 0.361. The highest BCUT2D eigenvalue weighted by atomic mass is 35.5. The first-order valence-electron chi connectivity index (χ1n) is 16.0. The van der Waals surface area contributed by atoms with Crippen LogP contribution in [0.3, 0.4) is 0 Å². The van der Waals surface area contributed by atoms with Gasteiger partial charge in [0.15, 0.2) is 0 Å². The van der Waals surface area contributed by atoms with E-state index in [1.165, 1.54) is 11.1 Å². The zero-order valence-corrected chi connectivity index (χ0v) is 28.1. The Balaban J connectivity index is 0.000000606. The van der Waals surface area contributed by atoms with Gasteiger partial charge in [-0.05, 0) is 85.8 Å². The summed E-state index contributed by atoms with van der Waals surface area (Å²) >= 11 is 6.39. The summed E-state index contributed by atoms with van der Waals surface area (Å²) in [6.45, 7) is 3.44. The molecule has 0 fully saturated rings. The fourth-order valence-electron chi connectivity index (χ4n) is 6.81. The van der Waals surface area contributed by atoms with Gasteiger partial charge in [0.1, 0.15) is 6.04 Å². The molecule has 0 spiro atoms. The molecule has 4 N–H and O–H groups in total. The SMILES string of the molecule is CC(c1c[nH]c2ccccc12)C(NC(=O)NC1Cc2ccccc2C1)C(=O)N1C[C@@H](CN(C)C)Cc2cc(Cl)ccc21.O=C(O)C(F)(F)F. The normalized spacial score (nSPS) is 17.1. The van der Waals surface area contributed by atoms with Gasteiger partial charge >= 0.3 is 18.2 Å². The van der Waals surface area contributed by atoms with E-state index in [4.69, 9.17) is 21.5 Å². The van der Waals surface area contributed by atoms with E-state index in [9.17, 15) is 22.8 Å². The molecule has 0 radical (unpaired) electrons. The van der Waals surface area contributed by atoms with Crippen molar-refractivity contribution in [1.82, 2.24) is 20.5 Å². The highest BCUT2D eigenvalue weighted by molar-refractivity contribution is 6.30. The summed E-state index contributed by atoms with van der Waals surface area (Å²) in [4.78, 5) is 44.4. The average Bonchev–Trinajstić information content (AvgIpc) is 3.66. The predicted octanol–water partition coefficient (Wildman–Crippen LogP) is 6.16. The molecule has 0 bridgehead atoms. The molecule has 3 aromatic carbocycles. The second-order valence-electron chi connectivity index (χ2n) is 12.9. The van der Waals surface area contributed by atoms with Crippen LogP contribution in [0.4, 0.5) is 23.7 Å². The van der Waals surface area contributed by atoms with E-state index in [1.807, 2.05) is 66.6 Å². The largest absolute Gasteiger partial charge is 0.490 e. The minimum atomic E-state index is -5.08. The van der Waals surface area contributed by atoms with E-state index >= 15 is 0 Å². The van der Waals surface area contributed by atoms with Crippen molar-refractivity contribution in [3.63, 3.8) is 0 Å². The summed E-state index contributed by atoms with van der Waals surface area (Å²) < 4.78 is 31.7. The van der Waals surface area contributed by atoms with E-state index in [0.717, 1.165) is 53.5 Å². The number of H-pyrrole nitrogens is 1. The van der Waals surface area contributed by atoms with Crippen molar-refractivity contribution in [3.05, 3.63) is 100 Å². The molecule has 13 heteroatoms. The Morgan fingerprint density at radius 2 is 1.63 bits per heavy atom. The third kappa shape index (κ3) is 8.55. The number of nitrogens with zero attached hydrogens (tertiary/aromatic N) is 2. The van der Waals surface area contributed by atoms with E-state index < -0.39 is 18.2 Å². The first kappa shape index (κ1) is 35.7. The van der Waals surface area contributed by atoms with Gasteiger partial charge in [0.25, 0.3) is 0 Å². The van der Waals surface area contributed by atoms with E-state index in [0.29, 0.717) is 11.6 Å². The molecule has 2 heterocycles. The zero-order chi connectivity index (χ0) is 35.5. The van der Waals surface area contributed by atoms with Crippen LogP contribution in [0.25, 0.3) is 10.9 Å². The molecular formula is C36H39ClF3N5O4. The zero-order valence-electron chi connectivity index (χ0n) is 27.4. The molecule has 9 nitrogen and oxygen atoms in total. The molecule has 1 aliphatic carbocycles. The van der Waals surface area contributed by atoms with Crippen molar-refractivity contribution in [1.29, 1.82) is 0 Å². The Morgan fingerprint density at radius 1 is 1.00 bits per heavy atom. The number of hydrogen-bond acceptors (Lipinski definition) is 4. The van der Waals surface area contributed by atoms with Gasteiger partial charge in [0.05, 0.1) is 0 Å². The van der Waals surface area contributed by atoms with Crippen LogP contribution in [0.1, 0.15) is 35.1 Å².